The van der Waals surface area contributed by atoms with Crippen LogP contribution in [0.4, 0.5) is 10.5 Å². The zero-order valence-electron chi connectivity index (χ0n) is 16.6. The van der Waals surface area contributed by atoms with Crippen LogP contribution in [-0.2, 0) is 4.79 Å². The average molecular weight is 387 g/mol. The molecule has 1 saturated carbocycles. The Morgan fingerprint density at radius 2 is 1.79 bits per heavy atom. The summed E-state index contributed by atoms with van der Waals surface area (Å²) in [6.45, 7) is 4.30. The highest BCUT2D eigenvalue weighted by Gasteiger charge is 2.36. The van der Waals surface area contributed by atoms with Crippen LogP contribution in [0.5, 0.6) is 11.5 Å². The van der Waals surface area contributed by atoms with Crippen LogP contribution < -0.4 is 20.1 Å². The number of hydrogen-bond acceptors (Lipinski definition) is 4. The summed E-state index contributed by atoms with van der Waals surface area (Å²) in [5.74, 6) is 0.414. The summed E-state index contributed by atoms with van der Waals surface area (Å²) in [6.07, 6.45) is 7.15. The molecule has 1 aliphatic carbocycles. The predicted molar refractivity (Wildman–Crippen MR) is 106 cm³/mol. The normalized spacial score (nSPS) is 23.5. The van der Waals surface area contributed by atoms with Gasteiger partial charge >= 0.3 is 6.03 Å². The summed E-state index contributed by atoms with van der Waals surface area (Å²) in [6, 6.07) is 5.04. The van der Waals surface area contributed by atoms with Crippen LogP contribution in [0.3, 0.4) is 0 Å². The summed E-state index contributed by atoms with van der Waals surface area (Å²) >= 11 is 0. The highest BCUT2D eigenvalue weighted by molar-refractivity contribution is 5.97. The van der Waals surface area contributed by atoms with E-state index in [2.05, 4.69) is 10.6 Å². The zero-order valence-corrected chi connectivity index (χ0v) is 16.6. The summed E-state index contributed by atoms with van der Waals surface area (Å²) in [4.78, 5) is 27.2. The maximum atomic E-state index is 12.8. The molecule has 2 N–H and O–H groups in total. The van der Waals surface area contributed by atoms with E-state index in [0.717, 1.165) is 32.1 Å². The van der Waals surface area contributed by atoms with Crippen molar-refractivity contribution in [2.75, 3.05) is 11.9 Å². The van der Waals surface area contributed by atoms with Crippen LogP contribution >= 0.6 is 0 Å². The molecular formula is C21H29N3O4. The van der Waals surface area contributed by atoms with E-state index in [4.69, 9.17) is 9.47 Å². The number of rotatable bonds is 3. The van der Waals surface area contributed by atoms with Crippen LogP contribution in [0, 0.1) is 0 Å². The number of nitrogens with one attached hydrogen (secondary N) is 2. The van der Waals surface area contributed by atoms with Gasteiger partial charge in [-0.15, -0.1) is 0 Å². The minimum atomic E-state index is -0.704. The second-order valence-corrected chi connectivity index (χ2v) is 8.39. The fraction of sp³-hybridized carbons (Fsp3) is 0.619. The monoisotopic (exact) mass is 387 g/mol. The molecule has 0 aromatic heterocycles. The highest BCUT2D eigenvalue weighted by Crippen LogP contribution is 2.40. The SMILES string of the molecule is CC1(C)Oc2ccc(NC(=O)C3CCCN3C(=O)NC3CCCCC3)cc2O1. The highest BCUT2D eigenvalue weighted by atomic mass is 16.7. The predicted octanol–water partition coefficient (Wildman–Crippen LogP) is 3.64. The molecule has 2 aliphatic heterocycles. The van der Waals surface area contributed by atoms with Gasteiger partial charge in [-0.25, -0.2) is 4.79 Å². The molecule has 0 spiro atoms. The van der Waals surface area contributed by atoms with E-state index < -0.39 is 11.8 Å². The van der Waals surface area contributed by atoms with Gasteiger partial charge in [0, 0.05) is 38.2 Å². The lowest BCUT2D eigenvalue weighted by Crippen LogP contribution is -2.50. The maximum Gasteiger partial charge on any atom is 0.318 e. The molecule has 3 aliphatic rings. The van der Waals surface area contributed by atoms with Crippen molar-refractivity contribution in [3.8, 4) is 11.5 Å². The van der Waals surface area contributed by atoms with E-state index in [9.17, 15) is 9.59 Å². The van der Waals surface area contributed by atoms with E-state index in [-0.39, 0.29) is 18.0 Å². The van der Waals surface area contributed by atoms with Crippen molar-refractivity contribution in [1.29, 1.82) is 0 Å². The second kappa shape index (κ2) is 7.53. The molecule has 0 bridgehead atoms. The van der Waals surface area contributed by atoms with Gasteiger partial charge < -0.3 is 25.0 Å². The fourth-order valence-corrected chi connectivity index (χ4v) is 4.31. The van der Waals surface area contributed by atoms with E-state index >= 15 is 0 Å². The van der Waals surface area contributed by atoms with Crippen LogP contribution in [-0.4, -0.2) is 41.3 Å². The Balaban J connectivity index is 1.38. The number of anilines is 1. The number of likely N-dealkylation sites (tertiary alicyclic amines) is 1. The minimum Gasteiger partial charge on any atom is -0.449 e. The van der Waals surface area contributed by atoms with E-state index in [1.54, 1.807) is 23.1 Å². The van der Waals surface area contributed by atoms with Crippen molar-refractivity contribution in [2.24, 2.45) is 0 Å². The van der Waals surface area contributed by atoms with Crippen LogP contribution in [0.2, 0.25) is 0 Å². The molecule has 3 amide bonds. The molecule has 7 nitrogen and oxygen atoms in total. The number of carbonyl (C=O) groups is 2. The summed E-state index contributed by atoms with van der Waals surface area (Å²) in [5.41, 5.74) is 0.643. The smallest absolute Gasteiger partial charge is 0.318 e. The lowest BCUT2D eigenvalue weighted by molar-refractivity contribution is -0.119. The third kappa shape index (κ3) is 4.03. The first kappa shape index (κ1) is 18.9. The number of urea groups is 1. The van der Waals surface area contributed by atoms with Gasteiger partial charge in [-0.1, -0.05) is 19.3 Å². The Morgan fingerprint density at radius 1 is 1.04 bits per heavy atom. The number of nitrogens with zero attached hydrogens (tertiary/aromatic N) is 1. The minimum absolute atomic E-state index is 0.114. The quantitative estimate of drug-likeness (QED) is 0.830. The molecule has 2 fully saturated rings. The zero-order chi connectivity index (χ0) is 19.7. The van der Waals surface area contributed by atoms with E-state index in [1.165, 1.54) is 6.42 Å². The molecule has 1 aromatic rings. The molecule has 28 heavy (non-hydrogen) atoms. The first-order valence-electron chi connectivity index (χ1n) is 10.3. The fourth-order valence-electron chi connectivity index (χ4n) is 4.31. The van der Waals surface area contributed by atoms with Gasteiger partial charge in [-0.05, 0) is 37.8 Å². The summed E-state index contributed by atoms with van der Waals surface area (Å²) in [5, 5.41) is 6.06. The van der Waals surface area contributed by atoms with E-state index in [0.29, 0.717) is 30.2 Å². The van der Waals surface area contributed by atoms with Crippen molar-refractivity contribution in [3.63, 3.8) is 0 Å². The van der Waals surface area contributed by atoms with Crippen LogP contribution in [0.1, 0.15) is 58.8 Å². The number of fused-ring (bicyclic) bond motifs is 1. The molecule has 1 atom stereocenters. The van der Waals surface area contributed by atoms with Gasteiger partial charge in [0.15, 0.2) is 11.5 Å². The number of hydrogen-bond donors (Lipinski definition) is 2. The van der Waals surface area contributed by atoms with Gasteiger partial charge in [0.05, 0.1) is 0 Å². The van der Waals surface area contributed by atoms with Crippen LogP contribution in [0.25, 0.3) is 0 Å². The third-order valence-corrected chi connectivity index (χ3v) is 5.67. The van der Waals surface area contributed by atoms with Crippen molar-refractivity contribution in [3.05, 3.63) is 18.2 Å². The first-order chi connectivity index (χ1) is 13.4. The Kier molecular flexibility index (Phi) is 5.08. The second-order valence-electron chi connectivity index (χ2n) is 8.39. The van der Waals surface area contributed by atoms with Gasteiger partial charge in [0.2, 0.25) is 11.7 Å². The third-order valence-electron chi connectivity index (χ3n) is 5.67. The lowest BCUT2D eigenvalue weighted by Gasteiger charge is -2.29. The summed E-state index contributed by atoms with van der Waals surface area (Å²) in [7, 11) is 0. The number of amides is 3. The molecule has 4 rings (SSSR count). The molecule has 152 valence electrons. The molecule has 7 heteroatoms. The Hall–Kier alpha value is -2.44. The van der Waals surface area contributed by atoms with Crippen molar-refractivity contribution in [1.82, 2.24) is 10.2 Å². The Labute approximate surface area is 165 Å². The van der Waals surface area contributed by atoms with Crippen LogP contribution in [0.15, 0.2) is 18.2 Å². The molecule has 2 heterocycles. The van der Waals surface area contributed by atoms with Gasteiger partial charge in [0.1, 0.15) is 6.04 Å². The standard InChI is InChI=1S/C21H29N3O4/c1-21(2)27-17-11-10-15(13-18(17)28-21)22-19(25)16-9-6-12-24(16)20(26)23-14-7-4-3-5-8-14/h10-11,13-14,16H,3-9,12H2,1-2H3,(H,22,25)(H,23,26). The van der Waals surface area contributed by atoms with Crippen molar-refractivity contribution < 1.29 is 19.1 Å². The van der Waals surface area contributed by atoms with Gasteiger partial charge in [-0.3, -0.25) is 4.79 Å². The van der Waals surface area contributed by atoms with Crippen molar-refractivity contribution >= 4 is 17.6 Å². The van der Waals surface area contributed by atoms with Gasteiger partial charge in [-0.2, -0.15) is 0 Å². The van der Waals surface area contributed by atoms with Crippen molar-refractivity contribution in [2.45, 2.75) is 76.7 Å². The number of benzene rings is 1. The number of carbonyl (C=O) groups excluding carboxylic acids is 2. The molecular weight excluding hydrogens is 358 g/mol. The lowest BCUT2D eigenvalue weighted by atomic mass is 9.96. The topological polar surface area (TPSA) is 79.9 Å². The molecule has 1 unspecified atom stereocenters. The van der Waals surface area contributed by atoms with E-state index in [1.807, 2.05) is 13.8 Å². The molecule has 1 aromatic carbocycles. The largest absolute Gasteiger partial charge is 0.449 e. The molecule has 1 saturated heterocycles. The Morgan fingerprint density at radius 3 is 2.57 bits per heavy atom. The summed E-state index contributed by atoms with van der Waals surface area (Å²) < 4.78 is 11.4. The Bertz CT molecular complexity index is 758. The average Bonchev–Trinajstić information content (AvgIpc) is 3.25. The molecule has 0 radical (unpaired) electrons. The van der Waals surface area contributed by atoms with Gasteiger partial charge in [0.25, 0.3) is 0 Å². The number of ether oxygens (including phenoxy) is 2. The first-order valence-corrected chi connectivity index (χ1v) is 10.3. The maximum absolute atomic E-state index is 12.8.